The van der Waals surface area contributed by atoms with Gasteiger partial charge in [0.15, 0.2) is 0 Å². The van der Waals surface area contributed by atoms with E-state index in [2.05, 4.69) is 34.6 Å². The summed E-state index contributed by atoms with van der Waals surface area (Å²) >= 11 is 0. The molecule has 0 nitrogen and oxygen atoms in total. The first-order valence-electron chi connectivity index (χ1n) is 6.54. The van der Waals surface area contributed by atoms with Crippen molar-refractivity contribution in [2.24, 2.45) is 11.3 Å². The Bertz CT molecular complexity index is 118. The predicted octanol–water partition coefficient (Wildman–Crippen LogP) is 5.42. The Kier molecular flexibility index (Phi) is 7.31. The van der Waals surface area contributed by atoms with Gasteiger partial charge in [-0.1, -0.05) is 60.3 Å². The van der Waals surface area contributed by atoms with Gasteiger partial charge in [0, 0.05) is 0 Å². The topological polar surface area (TPSA) is 0 Å². The molecule has 0 unspecified atom stereocenters. The Hall–Kier alpha value is 0. The van der Waals surface area contributed by atoms with Gasteiger partial charge in [-0.05, 0) is 30.6 Å². The van der Waals surface area contributed by atoms with Crippen molar-refractivity contribution in [3.05, 3.63) is 0 Å². The maximum atomic E-state index is 2.49. The minimum Gasteiger partial charge on any atom is -0.0654 e. The van der Waals surface area contributed by atoms with Crippen LogP contribution in [-0.4, -0.2) is 0 Å². The van der Waals surface area contributed by atoms with Crippen molar-refractivity contribution in [1.29, 1.82) is 0 Å². The fourth-order valence-corrected chi connectivity index (χ4v) is 2.52. The van der Waals surface area contributed by atoms with Gasteiger partial charge < -0.3 is 0 Å². The molecule has 0 fully saturated rings. The van der Waals surface area contributed by atoms with E-state index >= 15 is 0 Å². The average molecular weight is 198 g/mol. The van der Waals surface area contributed by atoms with Gasteiger partial charge in [0.2, 0.25) is 0 Å². The SMILES string of the molecule is CCCC(C)(CCC)CCCC(C)C. The predicted molar refractivity (Wildman–Crippen MR) is 66.6 cm³/mol. The van der Waals surface area contributed by atoms with E-state index in [0.29, 0.717) is 5.41 Å². The molecular formula is C14H30. The Balaban J connectivity index is 3.83. The van der Waals surface area contributed by atoms with Gasteiger partial charge in [-0.3, -0.25) is 0 Å². The van der Waals surface area contributed by atoms with Crippen molar-refractivity contribution >= 4 is 0 Å². The summed E-state index contributed by atoms with van der Waals surface area (Å²) in [4.78, 5) is 0. The van der Waals surface area contributed by atoms with E-state index in [1.807, 2.05) is 0 Å². The van der Waals surface area contributed by atoms with Gasteiger partial charge in [-0.15, -0.1) is 0 Å². The van der Waals surface area contributed by atoms with Gasteiger partial charge >= 0.3 is 0 Å². The molecule has 0 bridgehead atoms. The molecular weight excluding hydrogens is 168 g/mol. The third kappa shape index (κ3) is 6.45. The van der Waals surface area contributed by atoms with Crippen molar-refractivity contribution in [3.63, 3.8) is 0 Å². The second-order valence-corrected chi connectivity index (χ2v) is 5.60. The van der Waals surface area contributed by atoms with Crippen LogP contribution in [0.15, 0.2) is 0 Å². The van der Waals surface area contributed by atoms with E-state index in [1.54, 1.807) is 0 Å². The van der Waals surface area contributed by atoms with E-state index in [9.17, 15) is 0 Å². The molecule has 0 spiro atoms. The highest BCUT2D eigenvalue weighted by Crippen LogP contribution is 2.35. The zero-order valence-electron chi connectivity index (χ0n) is 11.0. The van der Waals surface area contributed by atoms with Crippen molar-refractivity contribution < 1.29 is 0 Å². The Morgan fingerprint density at radius 2 is 1.43 bits per heavy atom. The normalized spacial score (nSPS) is 12.4. The molecule has 0 aliphatic heterocycles. The Morgan fingerprint density at radius 1 is 0.929 bits per heavy atom. The lowest BCUT2D eigenvalue weighted by Gasteiger charge is -2.29. The van der Waals surface area contributed by atoms with Crippen LogP contribution >= 0.6 is 0 Å². The fourth-order valence-electron chi connectivity index (χ4n) is 2.52. The third-order valence-corrected chi connectivity index (χ3v) is 3.27. The molecule has 0 amide bonds. The average Bonchev–Trinajstić information content (AvgIpc) is 2.03. The summed E-state index contributed by atoms with van der Waals surface area (Å²) in [5, 5.41) is 0. The highest BCUT2D eigenvalue weighted by Gasteiger charge is 2.21. The maximum Gasteiger partial charge on any atom is -0.0326 e. The standard InChI is InChI=1S/C14H30/c1-6-10-14(5,11-7-2)12-8-9-13(3)4/h13H,6-12H2,1-5H3. The van der Waals surface area contributed by atoms with Crippen LogP contribution in [0.5, 0.6) is 0 Å². The van der Waals surface area contributed by atoms with Crippen LogP contribution in [0.1, 0.15) is 79.6 Å². The summed E-state index contributed by atoms with van der Waals surface area (Å²) in [6, 6.07) is 0. The minimum atomic E-state index is 0.637. The van der Waals surface area contributed by atoms with Crippen LogP contribution in [-0.2, 0) is 0 Å². The molecule has 0 N–H and O–H groups in total. The zero-order chi connectivity index (χ0) is 11.0. The van der Waals surface area contributed by atoms with Gasteiger partial charge in [0.1, 0.15) is 0 Å². The molecule has 0 radical (unpaired) electrons. The summed E-state index contributed by atoms with van der Waals surface area (Å²) in [6.07, 6.45) is 9.79. The first-order chi connectivity index (χ1) is 6.54. The van der Waals surface area contributed by atoms with Gasteiger partial charge in [-0.25, -0.2) is 0 Å². The molecule has 0 rings (SSSR count). The zero-order valence-corrected chi connectivity index (χ0v) is 11.0. The first-order valence-corrected chi connectivity index (χ1v) is 6.54. The molecule has 0 aromatic rings. The van der Waals surface area contributed by atoms with E-state index in [-0.39, 0.29) is 0 Å². The van der Waals surface area contributed by atoms with Crippen LogP contribution < -0.4 is 0 Å². The van der Waals surface area contributed by atoms with E-state index in [1.165, 1.54) is 44.9 Å². The molecule has 0 saturated heterocycles. The van der Waals surface area contributed by atoms with Crippen LogP contribution in [0, 0.1) is 11.3 Å². The van der Waals surface area contributed by atoms with E-state index in [4.69, 9.17) is 0 Å². The maximum absolute atomic E-state index is 2.49. The molecule has 0 heterocycles. The van der Waals surface area contributed by atoms with Gasteiger partial charge in [0.05, 0.1) is 0 Å². The fraction of sp³-hybridized carbons (Fsp3) is 1.00. The molecule has 0 aromatic heterocycles. The first kappa shape index (κ1) is 14.0. The smallest absolute Gasteiger partial charge is 0.0326 e. The highest BCUT2D eigenvalue weighted by atomic mass is 14.3. The third-order valence-electron chi connectivity index (χ3n) is 3.27. The lowest BCUT2D eigenvalue weighted by atomic mass is 9.77. The molecule has 0 atom stereocenters. The summed E-state index contributed by atoms with van der Waals surface area (Å²) in [7, 11) is 0. The van der Waals surface area contributed by atoms with Gasteiger partial charge in [-0.2, -0.15) is 0 Å². The molecule has 0 saturated carbocycles. The summed E-state index contributed by atoms with van der Waals surface area (Å²) in [5.41, 5.74) is 0.637. The lowest BCUT2D eigenvalue weighted by molar-refractivity contribution is 0.232. The van der Waals surface area contributed by atoms with Gasteiger partial charge in [0.25, 0.3) is 0 Å². The molecule has 86 valence electrons. The lowest BCUT2D eigenvalue weighted by Crippen LogP contribution is -2.16. The van der Waals surface area contributed by atoms with Crippen molar-refractivity contribution in [2.75, 3.05) is 0 Å². The Morgan fingerprint density at radius 3 is 1.79 bits per heavy atom. The van der Waals surface area contributed by atoms with E-state index < -0.39 is 0 Å². The second-order valence-electron chi connectivity index (χ2n) is 5.60. The summed E-state index contributed by atoms with van der Waals surface area (Å²) < 4.78 is 0. The molecule has 0 aliphatic rings. The van der Waals surface area contributed by atoms with Crippen LogP contribution in [0.25, 0.3) is 0 Å². The molecule has 0 heteroatoms. The van der Waals surface area contributed by atoms with E-state index in [0.717, 1.165) is 5.92 Å². The highest BCUT2D eigenvalue weighted by molar-refractivity contribution is 4.73. The second kappa shape index (κ2) is 7.31. The summed E-state index contributed by atoms with van der Waals surface area (Å²) in [5.74, 6) is 0.877. The molecule has 0 aliphatic carbocycles. The number of hydrogen-bond donors (Lipinski definition) is 0. The van der Waals surface area contributed by atoms with Crippen LogP contribution in [0.2, 0.25) is 0 Å². The molecule has 14 heavy (non-hydrogen) atoms. The monoisotopic (exact) mass is 198 g/mol. The van der Waals surface area contributed by atoms with Crippen LogP contribution in [0.4, 0.5) is 0 Å². The van der Waals surface area contributed by atoms with Crippen molar-refractivity contribution in [2.45, 2.75) is 79.6 Å². The molecule has 0 aromatic carbocycles. The number of hydrogen-bond acceptors (Lipinski definition) is 0. The number of rotatable bonds is 8. The minimum absolute atomic E-state index is 0.637. The quantitative estimate of drug-likeness (QED) is 0.488. The van der Waals surface area contributed by atoms with Crippen molar-refractivity contribution in [1.82, 2.24) is 0 Å². The van der Waals surface area contributed by atoms with Crippen molar-refractivity contribution in [3.8, 4) is 0 Å². The van der Waals surface area contributed by atoms with Crippen LogP contribution in [0.3, 0.4) is 0 Å². The summed E-state index contributed by atoms with van der Waals surface area (Å²) in [6.45, 7) is 11.8. The largest absolute Gasteiger partial charge is 0.0654 e. The Labute approximate surface area is 91.5 Å².